The van der Waals surface area contributed by atoms with E-state index in [1.807, 2.05) is 37.3 Å². The topological polar surface area (TPSA) is 64.4 Å². The Morgan fingerprint density at radius 2 is 1.92 bits per heavy atom. The third-order valence-corrected chi connectivity index (χ3v) is 3.69. The number of hydrogen-bond donors (Lipinski definition) is 2. The van der Waals surface area contributed by atoms with Crippen molar-refractivity contribution in [3.05, 3.63) is 66.0 Å². The van der Waals surface area contributed by atoms with E-state index < -0.39 is 6.04 Å². The van der Waals surface area contributed by atoms with Gasteiger partial charge < -0.3 is 15.8 Å². The van der Waals surface area contributed by atoms with Crippen LogP contribution in [0.5, 0.6) is 5.75 Å². The molecule has 136 valence electrons. The largest absolute Gasteiger partial charge is 0.489 e. The van der Waals surface area contributed by atoms with E-state index in [1.54, 1.807) is 12.1 Å². The monoisotopic (exact) mass is 366 g/mol. The lowest BCUT2D eigenvalue weighted by molar-refractivity contribution is -0.122. The molecule has 4 nitrogen and oxygen atoms in total. The summed E-state index contributed by atoms with van der Waals surface area (Å²) in [6.07, 6.45) is 0.929. The highest BCUT2D eigenvalue weighted by Gasteiger charge is 2.16. The quantitative estimate of drug-likeness (QED) is 0.754. The van der Waals surface area contributed by atoms with Crippen molar-refractivity contribution in [3.63, 3.8) is 0 Å². The minimum Gasteiger partial charge on any atom is -0.489 e. The fourth-order valence-corrected chi connectivity index (χ4v) is 2.31. The van der Waals surface area contributed by atoms with E-state index in [1.165, 1.54) is 12.1 Å². The standard InChI is InChI=1S/C19H23FN2O2.ClH/c1-2-16(24-17-10-6-9-15(20)12-17)13-22-19(23)18(21)11-14-7-4-3-5-8-14;/h3-10,12,16,18H,2,11,13,21H2,1H3,(H,22,23);1H/t16?,18-;/m0./s1. The smallest absolute Gasteiger partial charge is 0.237 e. The first-order valence-corrected chi connectivity index (χ1v) is 8.08. The fourth-order valence-electron chi connectivity index (χ4n) is 2.31. The molecule has 6 heteroatoms. The van der Waals surface area contributed by atoms with Crippen LogP contribution < -0.4 is 15.8 Å². The molecule has 0 radical (unpaired) electrons. The highest BCUT2D eigenvalue weighted by molar-refractivity contribution is 5.85. The van der Waals surface area contributed by atoms with Gasteiger partial charge in [-0.1, -0.05) is 43.3 Å². The van der Waals surface area contributed by atoms with Gasteiger partial charge in [0.1, 0.15) is 17.7 Å². The summed E-state index contributed by atoms with van der Waals surface area (Å²) in [6, 6.07) is 15.0. The number of halogens is 2. The molecule has 0 saturated heterocycles. The summed E-state index contributed by atoms with van der Waals surface area (Å²) >= 11 is 0. The Bertz CT molecular complexity index is 655. The number of benzene rings is 2. The van der Waals surface area contributed by atoms with Crippen LogP contribution in [-0.4, -0.2) is 24.6 Å². The summed E-state index contributed by atoms with van der Waals surface area (Å²) in [5.41, 5.74) is 6.96. The van der Waals surface area contributed by atoms with Gasteiger partial charge in [-0.3, -0.25) is 4.79 Å². The molecule has 0 heterocycles. The second kappa shape index (κ2) is 10.7. The van der Waals surface area contributed by atoms with Gasteiger partial charge in [-0.15, -0.1) is 12.4 Å². The molecule has 2 aromatic carbocycles. The predicted molar refractivity (Wildman–Crippen MR) is 99.5 cm³/mol. The van der Waals surface area contributed by atoms with E-state index >= 15 is 0 Å². The molecule has 2 atom stereocenters. The third-order valence-electron chi connectivity index (χ3n) is 3.69. The SMILES string of the molecule is CCC(CNC(=O)[C@@H](N)Cc1ccccc1)Oc1cccc(F)c1.Cl. The van der Waals surface area contributed by atoms with E-state index in [0.717, 1.165) is 5.56 Å². The zero-order valence-corrected chi connectivity index (χ0v) is 15.0. The van der Waals surface area contributed by atoms with Crippen LogP contribution in [0.1, 0.15) is 18.9 Å². The second-order valence-electron chi connectivity index (χ2n) is 5.65. The van der Waals surface area contributed by atoms with Crippen molar-refractivity contribution in [2.24, 2.45) is 5.73 Å². The second-order valence-corrected chi connectivity index (χ2v) is 5.65. The predicted octanol–water partition coefficient (Wildman–Crippen LogP) is 3.09. The molecule has 2 rings (SSSR count). The number of carbonyl (C=O) groups excluding carboxylic acids is 1. The maximum Gasteiger partial charge on any atom is 0.237 e. The van der Waals surface area contributed by atoms with Gasteiger partial charge in [0, 0.05) is 6.07 Å². The Kier molecular flexibility index (Phi) is 8.95. The highest BCUT2D eigenvalue weighted by atomic mass is 35.5. The molecule has 0 fully saturated rings. The Labute approximate surface area is 154 Å². The molecule has 0 bridgehead atoms. The number of hydrogen-bond acceptors (Lipinski definition) is 3. The molecule has 1 amide bonds. The first-order chi connectivity index (χ1) is 11.6. The average Bonchev–Trinajstić information content (AvgIpc) is 2.59. The van der Waals surface area contributed by atoms with Gasteiger partial charge in [-0.2, -0.15) is 0 Å². The third kappa shape index (κ3) is 7.11. The number of amides is 1. The molecular weight excluding hydrogens is 343 g/mol. The Morgan fingerprint density at radius 3 is 2.56 bits per heavy atom. The van der Waals surface area contributed by atoms with Crippen molar-refractivity contribution in [2.75, 3.05) is 6.54 Å². The van der Waals surface area contributed by atoms with Crippen LogP contribution in [0, 0.1) is 5.82 Å². The van der Waals surface area contributed by atoms with Gasteiger partial charge in [0.25, 0.3) is 0 Å². The maximum absolute atomic E-state index is 13.2. The van der Waals surface area contributed by atoms with Crippen molar-refractivity contribution < 1.29 is 13.9 Å². The van der Waals surface area contributed by atoms with Gasteiger partial charge in [0.05, 0.1) is 12.6 Å². The Hall–Kier alpha value is -2.11. The summed E-state index contributed by atoms with van der Waals surface area (Å²) in [5.74, 6) is -0.124. The number of nitrogens with two attached hydrogens (primary N) is 1. The molecule has 0 spiro atoms. The zero-order chi connectivity index (χ0) is 17.4. The number of carbonyl (C=O) groups is 1. The Balaban J connectivity index is 0.00000312. The molecule has 0 aromatic heterocycles. The first-order valence-electron chi connectivity index (χ1n) is 8.08. The molecule has 0 aliphatic heterocycles. The summed E-state index contributed by atoms with van der Waals surface area (Å²) < 4.78 is 18.9. The molecule has 0 aliphatic rings. The summed E-state index contributed by atoms with van der Waals surface area (Å²) in [5, 5.41) is 2.81. The van der Waals surface area contributed by atoms with E-state index in [2.05, 4.69) is 5.32 Å². The highest BCUT2D eigenvalue weighted by Crippen LogP contribution is 2.14. The lowest BCUT2D eigenvalue weighted by Crippen LogP contribution is -2.45. The van der Waals surface area contributed by atoms with Crippen LogP contribution in [0.2, 0.25) is 0 Å². The van der Waals surface area contributed by atoms with Crippen molar-refractivity contribution in [2.45, 2.75) is 31.9 Å². The number of ether oxygens (including phenoxy) is 1. The summed E-state index contributed by atoms with van der Waals surface area (Å²) in [4.78, 5) is 12.1. The fraction of sp³-hybridized carbons (Fsp3) is 0.316. The van der Waals surface area contributed by atoms with E-state index in [4.69, 9.17) is 10.5 Å². The summed E-state index contributed by atoms with van der Waals surface area (Å²) in [6.45, 7) is 2.27. The van der Waals surface area contributed by atoms with E-state index in [9.17, 15) is 9.18 Å². The molecule has 1 unspecified atom stereocenters. The first kappa shape index (κ1) is 20.9. The normalized spacial score (nSPS) is 12.6. The molecule has 25 heavy (non-hydrogen) atoms. The number of rotatable bonds is 8. The van der Waals surface area contributed by atoms with Crippen LogP contribution in [0.25, 0.3) is 0 Å². The van der Waals surface area contributed by atoms with Crippen LogP contribution in [0.3, 0.4) is 0 Å². The van der Waals surface area contributed by atoms with Crippen LogP contribution >= 0.6 is 12.4 Å². The minimum atomic E-state index is -0.612. The van der Waals surface area contributed by atoms with E-state index in [-0.39, 0.29) is 30.2 Å². The van der Waals surface area contributed by atoms with Gasteiger partial charge in [-0.05, 0) is 30.5 Å². The maximum atomic E-state index is 13.2. The zero-order valence-electron chi connectivity index (χ0n) is 14.2. The average molecular weight is 367 g/mol. The minimum absolute atomic E-state index is 0. The van der Waals surface area contributed by atoms with Gasteiger partial charge in [0.2, 0.25) is 5.91 Å². The van der Waals surface area contributed by atoms with Gasteiger partial charge in [-0.25, -0.2) is 4.39 Å². The van der Waals surface area contributed by atoms with Crippen molar-refractivity contribution >= 4 is 18.3 Å². The van der Waals surface area contributed by atoms with Crippen LogP contribution in [-0.2, 0) is 11.2 Å². The van der Waals surface area contributed by atoms with Crippen LogP contribution in [0.15, 0.2) is 54.6 Å². The number of nitrogens with one attached hydrogen (secondary N) is 1. The van der Waals surface area contributed by atoms with Gasteiger partial charge in [0.15, 0.2) is 0 Å². The molecule has 0 aliphatic carbocycles. The summed E-state index contributed by atoms with van der Waals surface area (Å²) in [7, 11) is 0. The van der Waals surface area contributed by atoms with E-state index in [0.29, 0.717) is 25.1 Å². The molecule has 0 saturated carbocycles. The van der Waals surface area contributed by atoms with Crippen molar-refractivity contribution in [1.82, 2.24) is 5.32 Å². The lowest BCUT2D eigenvalue weighted by Gasteiger charge is -2.19. The van der Waals surface area contributed by atoms with Gasteiger partial charge >= 0.3 is 0 Å². The molecule has 3 N–H and O–H groups in total. The Morgan fingerprint density at radius 1 is 1.20 bits per heavy atom. The van der Waals surface area contributed by atoms with Crippen molar-refractivity contribution in [1.29, 1.82) is 0 Å². The molecule has 2 aromatic rings. The lowest BCUT2D eigenvalue weighted by atomic mass is 10.1. The van der Waals surface area contributed by atoms with Crippen LogP contribution in [0.4, 0.5) is 4.39 Å². The van der Waals surface area contributed by atoms with Crippen molar-refractivity contribution in [3.8, 4) is 5.75 Å². The molecular formula is C19H24ClFN2O2.